The molecule has 0 aliphatic heterocycles. The van der Waals surface area contributed by atoms with E-state index in [-0.39, 0.29) is 0 Å². The van der Waals surface area contributed by atoms with E-state index >= 15 is 0 Å². The van der Waals surface area contributed by atoms with E-state index < -0.39 is 0 Å². The summed E-state index contributed by atoms with van der Waals surface area (Å²) in [5.41, 5.74) is 0.389. The number of ketones is 1. The van der Waals surface area contributed by atoms with E-state index in [1.165, 1.54) is 51.4 Å². The molecule has 6 atom stereocenters. The number of Topliss-reactive ketones (excluding diaryl/α,β-unsaturated/α-hetero) is 1. The molecule has 0 N–H and O–H groups in total. The molecule has 0 aromatic carbocycles. The van der Waals surface area contributed by atoms with Gasteiger partial charge in [-0.1, -0.05) is 26.2 Å². The van der Waals surface area contributed by atoms with Crippen molar-refractivity contribution in [1.29, 1.82) is 0 Å². The van der Waals surface area contributed by atoms with E-state index in [0.29, 0.717) is 11.2 Å². The van der Waals surface area contributed by atoms with Crippen LogP contribution in [0.25, 0.3) is 0 Å². The summed E-state index contributed by atoms with van der Waals surface area (Å²) in [6.07, 6.45) is 13.5. The van der Waals surface area contributed by atoms with Crippen LogP contribution in [-0.2, 0) is 4.79 Å². The fourth-order valence-corrected chi connectivity index (χ4v) is 6.61. The van der Waals surface area contributed by atoms with Crippen LogP contribution in [0.4, 0.5) is 0 Å². The highest BCUT2D eigenvalue weighted by Gasteiger charge is 2.55. The normalized spacial score (nSPS) is 53.3. The number of hydrogen-bond donors (Lipinski definition) is 0. The molecule has 0 unspecified atom stereocenters. The van der Waals surface area contributed by atoms with Crippen molar-refractivity contribution in [3.05, 3.63) is 0 Å². The smallest absolute Gasteiger partial charge is 0.133 e. The van der Waals surface area contributed by atoms with Crippen LogP contribution in [0.3, 0.4) is 0 Å². The predicted molar refractivity (Wildman–Crippen MR) is 76.7 cm³/mol. The van der Waals surface area contributed by atoms with Gasteiger partial charge in [-0.2, -0.15) is 0 Å². The lowest BCUT2D eigenvalue weighted by atomic mass is 9.51. The molecule has 4 rings (SSSR count). The second kappa shape index (κ2) is 4.33. The molecule has 0 spiro atoms. The molecule has 0 aromatic heterocycles. The summed E-state index contributed by atoms with van der Waals surface area (Å²) < 4.78 is 0. The molecule has 4 fully saturated rings. The van der Waals surface area contributed by atoms with Gasteiger partial charge in [-0.25, -0.2) is 0 Å². The van der Waals surface area contributed by atoms with E-state index in [2.05, 4.69) is 6.92 Å². The van der Waals surface area contributed by atoms with Crippen LogP contribution in [0.15, 0.2) is 0 Å². The zero-order valence-corrected chi connectivity index (χ0v) is 12.4. The highest BCUT2D eigenvalue weighted by atomic mass is 16.1. The molecule has 0 radical (unpaired) electrons. The molecule has 19 heavy (non-hydrogen) atoms. The van der Waals surface area contributed by atoms with Crippen molar-refractivity contribution in [2.24, 2.45) is 35.0 Å². The lowest BCUT2D eigenvalue weighted by Gasteiger charge is -2.54. The average Bonchev–Trinajstić information content (AvgIpc) is 2.73. The van der Waals surface area contributed by atoms with Gasteiger partial charge in [0.1, 0.15) is 5.78 Å². The standard InChI is InChI=1S/C18H28O/c1-18-9-8-15-14-5-3-2-4-12(14)6-7-16(15)17(18)10-13(19)11-18/h12,14-17H,2-11H2,1H3/t12-,14+,15-,16-,17+,18-/m0/s1. The van der Waals surface area contributed by atoms with Crippen LogP contribution in [0.1, 0.15) is 71.1 Å². The number of hydrogen-bond acceptors (Lipinski definition) is 1. The summed E-state index contributed by atoms with van der Waals surface area (Å²) in [7, 11) is 0. The Bertz CT molecular complexity index is 387. The summed E-state index contributed by atoms with van der Waals surface area (Å²) >= 11 is 0. The molecule has 4 aliphatic rings. The Morgan fingerprint density at radius 1 is 0.947 bits per heavy atom. The molecule has 106 valence electrons. The predicted octanol–water partition coefficient (Wildman–Crippen LogP) is 4.60. The lowest BCUT2D eigenvalue weighted by molar-refractivity contribution is -0.118. The lowest BCUT2D eigenvalue weighted by Crippen LogP contribution is -2.46. The maximum atomic E-state index is 12.0. The molecule has 0 heterocycles. The van der Waals surface area contributed by atoms with Crippen molar-refractivity contribution in [1.82, 2.24) is 0 Å². The summed E-state index contributed by atoms with van der Waals surface area (Å²) in [5, 5.41) is 0. The minimum atomic E-state index is 0.389. The quantitative estimate of drug-likeness (QED) is 0.622. The van der Waals surface area contributed by atoms with Crippen molar-refractivity contribution in [2.45, 2.75) is 71.1 Å². The van der Waals surface area contributed by atoms with Gasteiger partial charge in [0, 0.05) is 12.8 Å². The Kier molecular flexibility index (Phi) is 2.83. The van der Waals surface area contributed by atoms with Crippen molar-refractivity contribution in [3.63, 3.8) is 0 Å². The minimum Gasteiger partial charge on any atom is -0.300 e. The fraction of sp³-hybridized carbons (Fsp3) is 0.944. The Hall–Kier alpha value is -0.330. The highest BCUT2D eigenvalue weighted by Crippen LogP contribution is 2.61. The van der Waals surface area contributed by atoms with Crippen LogP contribution < -0.4 is 0 Å². The maximum absolute atomic E-state index is 12.0. The molecule has 4 aliphatic carbocycles. The topological polar surface area (TPSA) is 17.1 Å². The zero-order valence-electron chi connectivity index (χ0n) is 12.4. The third-order valence-electron chi connectivity index (χ3n) is 7.45. The monoisotopic (exact) mass is 260 g/mol. The van der Waals surface area contributed by atoms with Gasteiger partial charge < -0.3 is 0 Å². The first kappa shape index (κ1) is 12.4. The molecule has 0 aromatic rings. The molecular formula is C18H28O. The van der Waals surface area contributed by atoms with Gasteiger partial charge in [0.05, 0.1) is 0 Å². The van der Waals surface area contributed by atoms with E-state index in [4.69, 9.17) is 0 Å². The van der Waals surface area contributed by atoms with Gasteiger partial charge >= 0.3 is 0 Å². The second-order valence-electron chi connectivity index (χ2n) is 8.33. The molecule has 0 amide bonds. The number of fused-ring (bicyclic) bond motifs is 5. The summed E-state index contributed by atoms with van der Waals surface area (Å²) in [6, 6.07) is 0. The van der Waals surface area contributed by atoms with Crippen LogP contribution in [0, 0.1) is 35.0 Å². The Morgan fingerprint density at radius 2 is 1.79 bits per heavy atom. The SMILES string of the molecule is C[C@@]12CC[C@H]3[C@@H]4CCCC[C@H]4CC[C@@H]3[C@H]1CC(=O)C2. The third kappa shape index (κ3) is 1.83. The third-order valence-corrected chi connectivity index (χ3v) is 7.45. The maximum Gasteiger partial charge on any atom is 0.133 e. The van der Waals surface area contributed by atoms with Crippen LogP contribution in [-0.4, -0.2) is 5.78 Å². The van der Waals surface area contributed by atoms with E-state index in [9.17, 15) is 4.79 Å². The van der Waals surface area contributed by atoms with Gasteiger partial charge in [-0.15, -0.1) is 0 Å². The summed E-state index contributed by atoms with van der Waals surface area (Å²) in [5.74, 6) is 5.30. The first-order chi connectivity index (χ1) is 9.17. The van der Waals surface area contributed by atoms with Crippen molar-refractivity contribution >= 4 is 5.78 Å². The molecule has 0 saturated heterocycles. The second-order valence-corrected chi connectivity index (χ2v) is 8.33. The van der Waals surface area contributed by atoms with Crippen molar-refractivity contribution in [3.8, 4) is 0 Å². The van der Waals surface area contributed by atoms with Crippen LogP contribution in [0.5, 0.6) is 0 Å². The van der Waals surface area contributed by atoms with E-state index in [1.807, 2.05) is 0 Å². The summed E-state index contributed by atoms with van der Waals surface area (Å²) in [4.78, 5) is 12.0. The molecular weight excluding hydrogens is 232 g/mol. The van der Waals surface area contributed by atoms with Gasteiger partial charge in [0.2, 0.25) is 0 Å². The van der Waals surface area contributed by atoms with Crippen molar-refractivity contribution in [2.75, 3.05) is 0 Å². The van der Waals surface area contributed by atoms with Crippen LogP contribution in [0.2, 0.25) is 0 Å². The fourth-order valence-electron chi connectivity index (χ4n) is 6.61. The molecule has 1 heteroatoms. The van der Waals surface area contributed by atoms with Gasteiger partial charge in [-0.05, 0) is 67.1 Å². The molecule has 4 saturated carbocycles. The van der Waals surface area contributed by atoms with Gasteiger partial charge in [-0.3, -0.25) is 4.79 Å². The van der Waals surface area contributed by atoms with E-state index in [1.54, 1.807) is 0 Å². The first-order valence-corrected chi connectivity index (χ1v) is 8.69. The molecule has 0 bridgehead atoms. The minimum absolute atomic E-state index is 0.389. The van der Waals surface area contributed by atoms with Gasteiger partial charge in [0.15, 0.2) is 0 Å². The highest BCUT2D eigenvalue weighted by molar-refractivity contribution is 5.82. The number of carbonyl (C=O) groups is 1. The first-order valence-electron chi connectivity index (χ1n) is 8.69. The van der Waals surface area contributed by atoms with Crippen molar-refractivity contribution < 1.29 is 4.79 Å². The Balaban J connectivity index is 1.60. The van der Waals surface area contributed by atoms with Gasteiger partial charge in [0.25, 0.3) is 0 Å². The Labute approximate surface area is 117 Å². The Morgan fingerprint density at radius 3 is 2.68 bits per heavy atom. The summed E-state index contributed by atoms with van der Waals surface area (Å²) in [6.45, 7) is 2.42. The zero-order chi connectivity index (χ0) is 13.0. The number of rotatable bonds is 0. The molecule has 1 nitrogen and oxygen atoms in total. The number of carbonyl (C=O) groups excluding carboxylic acids is 1. The largest absolute Gasteiger partial charge is 0.300 e. The van der Waals surface area contributed by atoms with Crippen LogP contribution >= 0.6 is 0 Å². The average molecular weight is 260 g/mol. The van der Waals surface area contributed by atoms with E-state index in [0.717, 1.165) is 42.4 Å².